The fraction of sp³-hybridized carbons (Fsp3) is 0.0500. The average Bonchev–Trinajstić information content (AvgIpc) is 2.73. The molecule has 0 saturated heterocycles. The van der Waals surface area contributed by atoms with Crippen LogP contribution in [0.2, 0.25) is 0 Å². The van der Waals surface area contributed by atoms with Gasteiger partial charge >= 0.3 is 5.97 Å². The predicted octanol–water partition coefficient (Wildman–Crippen LogP) is 6.07. The first-order valence-electron chi connectivity index (χ1n) is 8.27. The molecule has 3 rings (SSSR count). The quantitative estimate of drug-likeness (QED) is 0.174. The summed E-state index contributed by atoms with van der Waals surface area (Å²) in [6.07, 6.45) is 0. The molecule has 0 atom stereocenters. The summed E-state index contributed by atoms with van der Waals surface area (Å²) in [7, 11) is 0. The van der Waals surface area contributed by atoms with E-state index in [0.717, 1.165) is 12.1 Å². The molecule has 0 spiro atoms. The highest BCUT2D eigenvalue weighted by atomic mass is 19.2. The second-order valence-electron chi connectivity index (χ2n) is 6.18. The molecule has 0 aliphatic rings. The summed E-state index contributed by atoms with van der Waals surface area (Å²) in [6.45, 7) is 1.54. The summed E-state index contributed by atoms with van der Waals surface area (Å²) in [6, 6.07) is 4.62. The molecule has 3 aromatic rings. The second-order valence-corrected chi connectivity index (χ2v) is 6.18. The second kappa shape index (κ2) is 8.25. The van der Waals surface area contributed by atoms with Gasteiger partial charge in [-0.25, -0.2) is 31.1 Å². The van der Waals surface area contributed by atoms with Crippen LogP contribution in [-0.4, -0.2) is 5.97 Å². The number of anilines is 2. The van der Waals surface area contributed by atoms with E-state index in [4.69, 9.17) is 0 Å². The van der Waals surface area contributed by atoms with Crippen molar-refractivity contribution in [2.45, 2.75) is 6.92 Å². The lowest BCUT2D eigenvalue weighted by Gasteiger charge is -2.15. The third-order valence-electron chi connectivity index (χ3n) is 4.06. The molecule has 31 heavy (non-hydrogen) atoms. The zero-order valence-electron chi connectivity index (χ0n) is 15.2. The number of nitrogens with one attached hydrogen (secondary N) is 1. The lowest BCUT2D eigenvalue weighted by atomic mass is 10.1. The van der Waals surface area contributed by atoms with E-state index in [9.17, 15) is 39.9 Å². The monoisotopic (exact) mass is 447 g/mol. The maximum atomic E-state index is 14.3. The number of ether oxygens (including phenoxy) is 1. The number of carbonyl (C=O) groups is 1. The Labute approximate surface area is 168 Å². The minimum absolute atomic E-state index is 0.402. The molecule has 0 aliphatic heterocycles. The molecule has 0 aliphatic carbocycles. The van der Waals surface area contributed by atoms with E-state index in [0.29, 0.717) is 17.7 Å². The number of esters is 1. The summed E-state index contributed by atoms with van der Waals surface area (Å²) in [5.41, 5.74) is -1.83. The maximum absolute atomic E-state index is 14.3. The molecular weight excluding hydrogens is 438 g/mol. The Bertz CT molecular complexity index is 1180. The fourth-order valence-electron chi connectivity index (χ4n) is 2.52. The third-order valence-corrected chi connectivity index (χ3v) is 4.06. The summed E-state index contributed by atoms with van der Waals surface area (Å²) in [5.74, 6) is -20.0. The topological polar surface area (TPSA) is 38.3 Å². The highest BCUT2D eigenvalue weighted by Crippen LogP contribution is 2.32. The first-order valence-corrected chi connectivity index (χ1v) is 8.27. The first-order chi connectivity index (χ1) is 14.5. The van der Waals surface area contributed by atoms with Crippen molar-refractivity contribution in [1.82, 2.24) is 0 Å². The van der Waals surface area contributed by atoms with Crippen molar-refractivity contribution in [3.05, 3.63) is 88.0 Å². The lowest BCUT2D eigenvalue weighted by Crippen LogP contribution is -2.16. The van der Waals surface area contributed by atoms with E-state index in [-0.39, 0.29) is 0 Å². The van der Waals surface area contributed by atoms with Crippen molar-refractivity contribution in [3.8, 4) is 5.75 Å². The van der Waals surface area contributed by atoms with Gasteiger partial charge in [-0.05, 0) is 36.8 Å². The van der Waals surface area contributed by atoms with Crippen LogP contribution in [0.1, 0.15) is 15.9 Å². The fourth-order valence-corrected chi connectivity index (χ4v) is 2.52. The van der Waals surface area contributed by atoms with E-state index in [1.807, 2.05) is 0 Å². The van der Waals surface area contributed by atoms with Gasteiger partial charge in [-0.2, -0.15) is 8.78 Å². The van der Waals surface area contributed by atoms with Gasteiger partial charge in [0.25, 0.3) is 0 Å². The number of halogens is 8. The summed E-state index contributed by atoms with van der Waals surface area (Å²) in [5, 5.41) is 2.12. The number of benzene rings is 3. The minimum atomic E-state index is -2.49. The molecule has 3 nitrogen and oxygen atoms in total. The Morgan fingerprint density at radius 3 is 1.90 bits per heavy atom. The van der Waals surface area contributed by atoms with Crippen molar-refractivity contribution in [2.24, 2.45) is 0 Å². The van der Waals surface area contributed by atoms with Crippen molar-refractivity contribution < 1.29 is 44.7 Å². The molecule has 0 radical (unpaired) electrons. The highest BCUT2D eigenvalue weighted by molar-refractivity contribution is 5.98. The van der Waals surface area contributed by atoms with E-state index in [2.05, 4.69) is 10.1 Å². The van der Waals surface area contributed by atoms with Gasteiger partial charge in [-0.15, -0.1) is 0 Å². The normalized spacial score (nSPS) is 10.9. The maximum Gasteiger partial charge on any atom is 0.345 e. The number of aryl methyl sites for hydroxylation is 1. The zero-order chi connectivity index (χ0) is 23.0. The Kier molecular flexibility index (Phi) is 5.87. The average molecular weight is 447 g/mol. The molecule has 1 N–H and O–H groups in total. The van der Waals surface area contributed by atoms with Gasteiger partial charge in [0.05, 0.1) is 16.9 Å². The molecule has 0 unspecified atom stereocenters. The molecule has 0 heterocycles. The number of hydrogen-bond acceptors (Lipinski definition) is 3. The lowest BCUT2D eigenvalue weighted by molar-refractivity contribution is 0.0716. The Morgan fingerprint density at radius 1 is 0.742 bits per heavy atom. The largest absolute Gasteiger partial charge is 0.416 e. The van der Waals surface area contributed by atoms with Crippen molar-refractivity contribution in [2.75, 3.05) is 5.32 Å². The van der Waals surface area contributed by atoms with Crippen LogP contribution in [0.5, 0.6) is 5.75 Å². The number of hydrogen-bond donors (Lipinski definition) is 1. The van der Waals surface area contributed by atoms with Gasteiger partial charge in [0.15, 0.2) is 11.6 Å². The summed E-state index contributed by atoms with van der Waals surface area (Å²) < 4.78 is 114. The molecule has 162 valence electrons. The molecular formula is C20H9F8NO2. The van der Waals surface area contributed by atoms with E-state index >= 15 is 0 Å². The highest BCUT2D eigenvalue weighted by Gasteiger charge is 2.30. The molecule has 0 bridgehead atoms. The Hall–Kier alpha value is -3.63. The SMILES string of the molecule is Cc1ccc(Nc2c(C(=O)Oc3c(F)c(F)c(F)c(F)c3F)ccc(F)c2F)c(F)c1. The van der Waals surface area contributed by atoms with Crippen molar-refractivity contribution in [1.29, 1.82) is 0 Å². The molecule has 11 heteroatoms. The van der Waals surface area contributed by atoms with Crippen LogP contribution in [0.25, 0.3) is 0 Å². The summed E-state index contributed by atoms with van der Waals surface area (Å²) >= 11 is 0. The van der Waals surface area contributed by atoms with Gasteiger partial charge in [0.1, 0.15) is 5.82 Å². The van der Waals surface area contributed by atoms with Gasteiger partial charge in [-0.3, -0.25) is 0 Å². The van der Waals surface area contributed by atoms with Crippen LogP contribution in [0, 0.1) is 53.5 Å². The van der Waals surface area contributed by atoms with Gasteiger partial charge in [0.2, 0.25) is 34.8 Å². The standard InChI is InChI=1S/C20H9F8NO2/c1-7-2-5-11(10(22)6-7)29-18-8(3-4-9(21)12(18)23)20(30)31-19-16(27)14(25)13(24)15(26)17(19)28/h2-6,29H,1H3. The minimum Gasteiger partial charge on any atom is -0.416 e. The van der Waals surface area contributed by atoms with Crippen LogP contribution >= 0.6 is 0 Å². The van der Waals surface area contributed by atoms with E-state index in [1.165, 1.54) is 6.07 Å². The molecule has 0 amide bonds. The van der Waals surface area contributed by atoms with Gasteiger partial charge < -0.3 is 10.1 Å². The van der Waals surface area contributed by atoms with Crippen LogP contribution in [0.4, 0.5) is 46.5 Å². The Balaban J connectivity index is 2.06. The van der Waals surface area contributed by atoms with Crippen LogP contribution in [0.15, 0.2) is 30.3 Å². The number of carbonyl (C=O) groups excluding carboxylic acids is 1. The number of rotatable bonds is 4. The van der Waals surface area contributed by atoms with Crippen LogP contribution in [0.3, 0.4) is 0 Å². The third kappa shape index (κ3) is 4.03. The smallest absolute Gasteiger partial charge is 0.345 e. The van der Waals surface area contributed by atoms with Gasteiger partial charge in [0, 0.05) is 0 Å². The molecule has 0 fully saturated rings. The first kappa shape index (κ1) is 22.1. The molecule has 0 aromatic heterocycles. The van der Waals surface area contributed by atoms with Gasteiger partial charge in [-0.1, -0.05) is 6.07 Å². The van der Waals surface area contributed by atoms with Crippen LogP contribution in [-0.2, 0) is 0 Å². The van der Waals surface area contributed by atoms with Crippen molar-refractivity contribution in [3.63, 3.8) is 0 Å². The zero-order valence-corrected chi connectivity index (χ0v) is 15.2. The van der Waals surface area contributed by atoms with Crippen molar-refractivity contribution >= 4 is 17.3 Å². The Morgan fingerprint density at radius 2 is 1.32 bits per heavy atom. The molecule has 3 aromatic carbocycles. The predicted molar refractivity (Wildman–Crippen MR) is 92.0 cm³/mol. The van der Waals surface area contributed by atoms with E-state index in [1.54, 1.807) is 6.92 Å². The van der Waals surface area contributed by atoms with E-state index < -0.39 is 75.2 Å². The summed E-state index contributed by atoms with van der Waals surface area (Å²) in [4.78, 5) is 12.3. The van der Waals surface area contributed by atoms with Crippen LogP contribution < -0.4 is 10.1 Å². The molecule has 0 saturated carbocycles.